The number of nitrogens with two attached hydrogens (primary N) is 1. The Labute approximate surface area is 118 Å². The Balaban J connectivity index is 2.28. The molecule has 7 heteroatoms. The third-order valence-corrected chi connectivity index (χ3v) is 3.73. The van der Waals surface area contributed by atoms with Gasteiger partial charge in [0.25, 0.3) is 0 Å². The molecule has 0 aliphatic rings. The van der Waals surface area contributed by atoms with Crippen molar-refractivity contribution in [2.75, 3.05) is 7.11 Å². The third-order valence-electron chi connectivity index (χ3n) is 3.73. The van der Waals surface area contributed by atoms with E-state index in [1.165, 1.54) is 0 Å². The van der Waals surface area contributed by atoms with Crippen LogP contribution in [-0.4, -0.2) is 27.0 Å². The number of rotatable bonds is 6. The fourth-order valence-electron chi connectivity index (χ4n) is 2.24. The largest absolute Gasteiger partial charge is 0.370 e. The highest BCUT2D eigenvalue weighted by atomic mass is 16.5. The van der Waals surface area contributed by atoms with Crippen molar-refractivity contribution in [2.45, 2.75) is 38.3 Å². The predicted molar refractivity (Wildman–Crippen MR) is 72.8 cm³/mol. The molecule has 2 N–H and O–H groups in total. The molecule has 0 saturated carbocycles. The fraction of sp³-hybridized carbons (Fsp3) is 0.615. The monoisotopic (exact) mass is 279 g/mol. The maximum absolute atomic E-state index is 6.12. The second-order valence-electron chi connectivity index (χ2n) is 4.79. The fourth-order valence-corrected chi connectivity index (χ4v) is 2.24. The lowest BCUT2D eigenvalue weighted by Gasteiger charge is -2.25. The van der Waals surface area contributed by atoms with E-state index in [9.17, 15) is 0 Å². The average Bonchev–Trinajstić information content (AvgIpc) is 3.10. The molecular formula is C13H21N5O2. The molecule has 0 aliphatic carbocycles. The summed E-state index contributed by atoms with van der Waals surface area (Å²) in [4.78, 5) is 4.42. The van der Waals surface area contributed by atoms with Crippen LogP contribution in [0, 0.1) is 0 Å². The molecule has 0 fully saturated rings. The van der Waals surface area contributed by atoms with Gasteiger partial charge < -0.3 is 15.0 Å². The van der Waals surface area contributed by atoms with Gasteiger partial charge in [0.05, 0.1) is 6.20 Å². The van der Waals surface area contributed by atoms with Gasteiger partial charge in [-0.05, 0) is 12.8 Å². The summed E-state index contributed by atoms with van der Waals surface area (Å²) in [5, 5.41) is 8.13. The van der Waals surface area contributed by atoms with E-state index >= 15 is 0 Å². The van der Waals surface area contributed by atoms with E-state index in [0.29, 0.717) is 11.7 Å². The van der Waals surface area contributed by atoms with Gasteiger partial charge in [-0.1, -0.05) is 19.0 Å². The molecule has 2 rings (SSSR count). The molecule has 2 aromatic heterocycles. The standard InChI is InChI=1S/C13H21N5O2/c1-5-13(6-2,19-4)12-16-11(20-17-12)10(14)9-7-15-18(3)8-9/h7-8,10H,5-6,14H2,1-4H3. The van der Waals surface area contributed by atoms with Gasteiger partial charge >= 0.3 is 0 Å². The van der Waals surface area contributed by atoms with E-state index < -0.39 is 11.6 Å². The van der Waals surface area contributed by atoms with Gasteiger partial charge in [-0.3, -0.25) is 4.68 Å². The van der Waals surface area contributed by atoms with Crippen molar-refractivity contribution in [1.82, 2.24) is 19.9 Å². The van der Waals surface area contributed by atoms with Crippen LogP contribution in [0.5, 0.6) is 0 Å². The number of ether oxygens (including phenoxy) is 1. The van der Waals surface area contributed by atoms with Crippen LogP contribution in [0.4, 0.5) is 0 Å². The Morgan fingerprint density at radius 3 is 2.65 bits per heavy atom. The van der Waals surface area contributed by atoms with Gasteiger partial charge in [-0.15, -0.1) is 0 Å². The van der Waals surface area contributed by atoms with E-state index in [4.69, 9.17) is 15.0 Å². The minimum atomic E-state index is -0.517. The van der Waals surface area contributed by atoms with E-state index in [0.717, 1.165) is 18.4 Å². The molecule has 1 atom stereocenters. The molecule has 0 bridgehead atoms. The Bertz CT molecular complexity index is 550. The lowest BCUT2D eigenvalue weighted by molar-refractivity contribution is -0.0306. The summed E-state index contributed by atoms with van der Waals surface area (Å²) in [5.41, 5.74) is 6.43. The SMILES string of the molecule is CCC(CC)(OC)c1noc(C(N)c2cnn(C)c2)n1. The number of hydrogen-bond donors (Lipinski definition) is 1. The number of aryl methyl sites for hydroxylation is 1. The zero-order valence-electron chi connectivity index (χ0n) is 12.3. The van der Waals surface area contributed by atoms with E-state index in [2.05, 4.69) is 15.2 Å². The topological polar surface area (TPSA) is 92.0 Å². The lowest BCUT2D eigenvalue weighted by Crippen LogP contribution is -2.28. The number of hydrogen-bond acceptors (Lipinski definition) is 6. The first-order chi connectivity index (χ1) is 9.56. The highest BCUT2D eigenvalue weighted by Crippen LogP contribution is 2.31. The van der Waals surface area contributed by atoms with Crippen molar-refractivity contribution in [3.63, 3.8) is 0 Å². The molecule has 0 aliphatic heterocycles. The first kappa shape index (κ1) is 14.7. The smallest absolute Gasteiger partial charge is 0.248 e. The van der Waals surface area contributed by atoms with Crippen molar-refractivity contribution >= 4 is 0 Å². The molecule has 110 valence electrons. The molecule has 0 spiro atoms. The molecule has 0 saturated heterocycles. The van der Waals surface area contributed by atoms with Crippen LogP contribution in [0.1, 0.15) is 50.0 Å². The molecule has 1 unspecified atom stereocenters. The van der Waals surface area contributed by atoms with Crippen LogP contribution >= 0.6 is 0 Å². The molecule has 20 heavy (non-hydrogen) atoms. The summed E-state index contributed by atoms with van der Waals surface area (Å²) < 4.78 is 12.6. The summed E-state index contributed by atoms with van der Waals surface area (Å²) in [6.45, 7) is 4.06. The molecular weight excluding hydrogens is 258 g/mol. The van der Waals surface area contributed by atoms with Gasteiger partial charge in [0.1, 0.15) is 11.6 Å². The highest BCUT2D eigenvalue weighted by molar-refractivity contribution is 5.17. The minimum absolute atomic E-state index is 0.372. The first-order valence-electron chi connectivity index (χ1n) is 6.69. The van der Waals surface area contributed by atoms with E-state index in [1.54, 1.807) is 18.0 Å². The number of aromatic nitrogens is 4. The normalized spacial score (nSPS) is 13.7. The maximum atomic E-state index is 6.12. The van der Waals surface area contributed by atoms with E-state index in [-0.39, 0.29) is 0 Å². The molecule has 0 aromatic carbocycles. The Morgan fingerprint density at radius 2 is 2.15 bits per heavy atom. The minimum Gasteiger partial charge on any atom is -0.370 e. The van der Waals surface area contributed by atoms with Gasteiger partial charge in [-0.2, -0.15) is 10.1 Å². The summed E-state index contributed by atoms with van der Waals surface area (Å²) in [6.07, 6.45) is 5.05. The second kappa shape index (κ2) is 5.72. The molecule has 7 nitrogen and oxygen atoms in total. The summed E-state index contributed by atoms with van der Waals surface area (Å²) in [5.74, 6) is 0.913. The quantitative estimate of drug-likeness (QED) is 0.861. The maximum Gasteiger partial charge on any atom is 0.248 e. The third kappa shape index (κ3) is 2.46. The van der Waals surface area contributed by atoms with Gasteiger partial charge in [0.15, 0.2) is 0 Å². The van der Waals surface area contributed by atoms with Crippen LogP contribution in [0.3, 0.4) is 0 Å². The van der Waals surface area contributed by atoms with Crippen molar-refractivity contribution < 1.29 is 9.26 Å². The predicted octanol–water partition coefficient (Wildman–Crippen LogP) is 1.51. The van der Waals surface area contributed by atoms with E-state index in [1.807, 2.05) is 27.1 Å². The second-order valence-corrected chi connectivity index (χ2v) is 4.79. The molecule has 2 heterocycles. The van der Waals surface area contributed by atoms with Crippen molar-refractivity contribution in [2.24, 2.45) is 12.8 Å². The van der Waals surface area contributed by atoms with Crippen molar-refractivity contribution in [1.29, 1.82) is 0 Å². The lowest BCUT2D eigenvalue weighted by atomic mass is 9.96. The molecule has 0 radical (unpaired) electrons. The van der Waals surface area contributed by atoms with Crippen molar-refractivity contribution in [3.8, 4) is 0 Å². The van der Waals surface area contributed by atoms with Gasteiger partial charge in [-0.25, -0.2) is 0 Å². The summed E-state index contributed by atoms with van der Waals surface area (Å²) in [7, 11) is 3.49. The zero-order chi connectivity index (χ0) is 14.8. The van der Waals surface area contributed by atoms with Gasteiger partial charge in [0, 0.05) is 25.9 Å². The Kier molecular flexibility index (Phi) is 4.20. The zero-order valence-corrected chi connectivity index (χ0v) is 12.3. The molecule has 2 aromatic rings. The first-order valence-corrected chi connectivity index (χ1v) is 6.69. The highest BCUT2D eigenvalue weighted by Gasteiger charge is 2.34. The van der Waals surface area contributed by atoms with Crippen LogP contribution in [0.15, 0.2) is 16.9 Å². The van der Waals surface area contributed by atoms with Crippen LogP contribution in [0.25, 0.3) is 0 Å². The van der Waals surface area contributed by atoms with Crippen LogP contribution in [-0.2, 0) is 17.4 Å². The van der Waals surface area contributed by atoms with Crippen molar-refractivity contribution in [3.05, 3.63) is 29.7 Å². The molecule has 0 amide bonds. The Morgan fingerprint density at radius 1 is 1.45 bits per heavy atom. The number of methoxy groups -OCH3 is 1. The average molecular weight is 279 g/mol. The van der Waals surface area contributed by atoms with Crippen LogP contribution < -0.4 is 5.73 Å². The van der Waals surface area contributed by atoms with Gasteiger partial charge in [0.2, 0.25) is 11.7 Å². The summed E-state index contributed by atoms with van der Waals surface area (Å²) in [6, 6.07) is -0.479. The van der Waals surface area contributed by atoms with Crippen LogP contribution in [0.2, 0.25) is 0 Å². The number of nitrogens with zero attached hydrogens (tertiary/aromatic N) is 4. The Hall–Kier alpha value is -1.73. The summed E-state index contributed by atoms with van der Waals surface area (Å²) >= 11 is 0.